The van der Waals surface area contributed by atoms with E-state index >= 15 is 0 Å². The van der Waals surface area contributed by atoms with Gasteiger partial charge in [-0.15, -0.1) is 11.3 Å². The fourth-order valence-electron chi connectivity index (χ4n) is 4.69. The molecule has 0 bridgehead atoms. The van der Waals surface area contributed by atoms with E-state index in [2.05, 4.69) is 20.7 Å². The number of amides is 2. The maximum absolute atomic E-state index is 13.9. The van der Waals surface area contributed by atoms with Crippen molar-refractivity contribution in [3.8, 4) is 0 Å². The summed E-state index contributed by atoms with van der Waals surface area (Å²) < 4.78 is 41.3. The second-order valence-electron chi connectivity index (χ2n) is 9.08. The zero-order valence-corrected chi connectivity index (χ0v) is 20.8. The van der Waals surface area contributed by atoms with Crippen molar-refractivity contribution in [2.24, 2.45) is 4.99 Å². The average Bonchev–Trinajstić information content (AvgIpc) is 3.25. The van der Waals surface area contributed by atoms with Crippen LogP contribution in [0.5, 0.6) is 0 Å². The van der Waals surface area contributed by atoms with Crippen LogP contribution in [0.3, 0.4) is 0 Å². The lowest BCUT2D eigenvalue weighted by atomic mass is 9.92. The van der Waals surface area contributed by atoms with Gasteiger partial charge in [-0.05, 0) is 31.0 Å². The van der Waals surface area contributed by atoms with Gasteiger partial charge in [0.15, 0.2) is 10.8 Å². The Hall–Kier alpha value is -3.38. The van der Waals surface area contributed by atoms with E-state index < -0.39 is 18.4 Å². The Morgan fingerprint density at radius 1 is 1.19 bits per heavy atom. The monoisotopic (exact) mass is 547 g/mol. The fourth-order valence-corrected chi connectivity index (χ4v) is 5.60. The summed E-state index contributed by atoms with van der Waals surface area (Å²) in [5.74, 6) is 0.0673. The quantitative estimate of drug-likeness (QED) is 0.456. The molecule has 2 atom stereocenters. The molecule has 3 aromatic rings. The molecule has 3 aliphatic rings. The summed E-state index contributed by atoms with van der Waals surface area (Å²) in [5, 5.41) is 12.7. The summed E-state index contributed by atoms with van der Waals surface area (Å²) >= 11 is 7.87. The first-order valence-electron chi connectivity index (χ1n) is 11.7. The Balaban J connectivity index is 1.47. The lowest BCUT2D eigenvalue weighted by Gasteiger charge is -2.32. The number of carbonyl (C=O) groups is 1. The summed E-state index contributed by atoms with van der Waals surface area (Å²) in [6.45, 7) is -2.40. The van der Waals surface area contributed by atoms with Crippen LogP contribution in [-0.4, -0.2) is 50.2 Å². The maximum Gasteiger partial charge on any atom is 0.333 e. The van der Waals surface area contributed by atoms with Gasteiger partial charge >= 0.3 is 12.6 Å². The van der Waals surface area contributed by atoms with Crippen LogP contribution in [0, 0.1) is 5.82 Å². The Labute approximate surface area is 218 Å². The summed E-state index contributed by atoms with van der Waals surface area (Å²) in [7, 11) is 0. The van der Waals surface area contributed by atoms with Gasteiger partial charge < -0.3 is 15.5 Å². The van der Waals surface area contributed by atoms with Crippen LogP contribution < -0.4 is 10.6 Å². The number of fused-ring (bicyclic) bond motifs is 1. The van der Waals surface area contributed by atoms with Gasteiger partial charge in [0.1, 0.15) is 11.9 Å². The number of urea groups is 1. The summed E-state index contributed by atoms with van der Waals surface area (Å²) in [5.41, 5.74) is 2.14. The highest BCUT2D eigenvalue weighted by Crippen LogP contribution is 2.46. The Morgan fingerprint density at radius 2 is 2.00 bits per heavy atom. The number of hydrogen-bond donors (Lipinski definition) is 2. The van der Waals surface area contributed by atoms with Gasteiger partial charge in [0.25, 0.3) is 0 Å². The number of nitrogens with one attached hydrogen (secondary N) is 2. The normalized spacial score (nSPS) is 21.3. The van der Waals surface area contributed by atoms with Crippen molar-refractivity contribution in [2.75, 3.05) is 6.54 Å². The third-order valence-corrected chi connectivity index (χ3v) is 7.57. The molecule has 6 rings (SSSR count). The van der Waals surface area contributed by atoms with Crippen LogP contribution in [0.2, 0.25) is 5.02 Å². The molecule has 1 aromatic carbocycles. The van der Waals surface area contributed by atoms with E-state index in [0.717, 1.165) is 18.5 Å². The molecule has 2 amide bonds. The van der Waals surface area contributed by atoms with E-state index in [4.69, 9.17) is 16.6 Å². The topological polar surface area (TPSA) is 87.4 Å². The predicted molar refractivity (Wildman–Crippen MR) is 133 cm³/mol. The van der Waals surface area contributed by atoms with Crippen LogP contribution >= 0.6 is 22.9 Å². The lowest BCUT2D eigenvalue weighted by molar-refractivity contribution is 0.0564. The van der Waals surface area contributed by atoms with Gasteiger partial charge in [0.2, 0.25) is 0 Å². The first kappa shape index (κ1) is 24.0. The number of aromatic nitrogens is 3. The number of alkyl halides is 2. The van der Waals surface area contributed by atoms with E-state index in [-0.39, 0.29) is 23.1 Å². The van der Waals surface area contributed by atoms with Crippen LogP contribution in [0.15, 0.2) is 52.7 Å². The highest BCUT2D eigenvalue weighted by molar-refractivity contribution is 7.11. The van der Waals surface area contributed by atoms with Crippen molar-refractivity contribution in [3.05, 3.63) is 74.8 Å². The molecule has 0 unspecified atom stereocenters. The standard InChI is InChI=1S/C24H21ClF3N7OS/c25-16-9-12(26)1-4-15(16)20-19(17-5-7-35(33-17)23(27)28)18-10-14(31-24(36)30-13-2-3-13)11-34(18)21(32-20)22-29-6-8-37-22/h1,4-9,13-14,20,23H,2-3,10-11H2,(H2,30,31,36)/t14-,20-/m0/s1. The number of aliphatic imine (C=N–C) groups is 1. The van der Waals surface area contributed by atoms with Gasteiger partial charge in [0.05, 0.1) is 11.7 Å². The molecule has 2 aliphatic heterocycles. The lowest BCUT2D eigenvalue weighted by Crippen LogP contribution is -2.44. The number of benzene rings is 1. The van der Waals surface area contributed by atoms with E-state index in [9.17, 15) is 18.0 Å². The zero-order valence-electron chi connectivity index (χ0n) is 19.2. The summed E-state index contributed by atoms with van der Waals surface area (Å²) in [6.07, 6.45) is 5.21. The average molecular weight is 548 g/mol. The van der Waals surface area contributed by atoms with Gasteiger partial charge in [-0.25, -0.2) is 18.9 Å². The zero-order chi connectivity index (χ0) is 25.7. The Bertz CT molecular complexity index is 1400. The molecule has 2 fully saturated rings. The van der Waals surface area contributed by atoms with Crippen molar-refractivity contribution in [1.82, 2.24) is 30.3 Å². The largest absolute Gasteiger partial charge is 0.335 e. The van der Waals surface area contributed by atoms with Crippen LogP contribution in [0.4, 0.5) is 18.0 Å². The number of thiazole rings is 1. The molecule has 2 aromatic heterocycles. The molecule has 13 heteroatoms. The molecule has 192 valence electrons. The molecule has 1 saturated heterocycles. The van der Waals surface area contributed by atoms with Crippen molar-refractivity contribution in [1.29, 1.82) is 0 Å². The minimum absolute atomic E-state index is 0.156. The number of halogens is 4. The second-order valence-corrected chi connectivity index (χ2v) is 10.4. The third kappa shape index (κ3) is 4.71. The Morgan fingerprint density at radius 3 is 2.68 bits per heavy atom. The van der Waals surface area contributed by atoms with Gasteiger partial charge in [-0.3, -0.25) is 4.99 Å². The summed E-state index contributed by atoms with van der Waals surface area (Å²) in [4.78, 5) is 23.9. The van der Waals surface area contributed by atoms with Crippen molar-refractivity contribution in [2.45, 2.75) is 43.9 Å². The smallest absolute Gasteiger partial charge is 0.333 e. The third-order valence-electron chi connectivity index (χ3n) is 6.47. The van der Waals surface area contributed by atoms with Crippen molar-refractivity contribution < 1.29 is 18.0 Å². The molecular formula is C24H21ClF3N7OS. The minimum atomic E-state index is -2.81. The van der Waals surface area contributed by atoms with E-state index in [0.29, 0.717) is 45.3 Å². The molecule has 4 heterocycles. The van der Waals surface area contributed by atoms with Crippen LogP contribution in [0.25, 0.3) is 5.57 Å². The van der Waals surface area contributed by atoms with E-state index in [1.54, 1.807) is 12.3 Å². The van der Waals surface area contributed by atoms with Gasteiger partial charge in [-0.2, -0.15) is 13.9 Å². The second kappa shape index (κ2) is 9.49. The Kier molecular flexibility index (Phi) is 6.15. The molecule has 8 nitrogen and oxygen atoms in total. The number of carbonyl (C=O) groups excluding carboxylic acids is 1. The van der Waals surface area contributed by atoms with E-state index in [1.165, 1.54) is 35.7 Å². The molecule has 0 spiro atoms. The molecule has 2 N–H and O–H groups in total. The first-order chi connectivity index (χ1) is 17.9. The first-order valence-corrected chi connectivity index (χ1v) is 13.0. The fraction of sp³-hybridized carbons (Fsp3) is 0.333. The van der Waals surface area contributed by atoms with Crippen molar-refractivity contribution >= 4 is 40.4 Å². The van der Waals surface area contributed by atoms with Crippen molar-refractivity contribution in [3.63, 3.8) is 0 Å². The molecule has 1 saturated carbocycles. The predicted octanol–water partition coefficient (Wildman–Crippen LogP) is 4.98. The molecule has 0 radical (unpaired) electrons. The van der Waals surface area contributed by atoms with Crippen LogP contribution in [-0.2, 0) is 0 Å². The van der Waals surface area contributed by atoms with E-state index in [1.807, 2.05) is 10.3 Å². The van der Waals surface area contributed by atoms with Gasteiger partial charge in [-0.1, -0.05) is 17.7 Å². The summed E-state index contributed by atoms with van der Waals surface area (Å²) in [6, 6.07) is 4.46. The number of rotatable bonds is 6. The molecule has 1 aliphatic carbocycles. The highest BCUT2D eigenvalue weighted by Gasteiger charge is 2.41. The maximum atomic E-state index is 13.9. The number of amidine groups is 1. The number of nitrogens with zero attached hydrogens (tertiary/aromatic N) is 5. The van der Waals surface area contributed by atoms with Gasteiger partial charge in [0, 0.05) is 58.6 Å². The SMILES string of the molecule is O=C(NC1CC1)N[C@H]1CC2=C(c3ccn(C(F)F)n3)[C@H](c3ccc(F)cc3Cl)N=C(c3nccs3)N2C1. The van der Waals surface area contributed by atoms with Crippen LogP contribution in [0.1, 0.15) is 48.1 Å². The highest BCUT2D eigenvalue weighted by atomic mass is 35.5. The minimum Gasteiger partial charge on any atom is -0.335 e. The number of hydrogen-bond acceptors (Lipinski definition) is 6. The molecular weight excluding hydrogens is 527 g/mol. The molecule has 37 heavy (non-hydrogen) atoms.